The predicted octanol–water partition coefficient (Wildman–Crippen LogP) is 6.27. The van der Waals surface area contributed by atoms with E-state index >= 15 is 0 Å². The molecule has 2 aliphatic heterocycles. The van der Waals surface area contributed by atoms with Gasteiger partial charge < -0.3 is 24.6 Å². The highest BCUT2D eigenvalue weighted by Crippen LogP contribution is 2.51. The molecule has 0 aliphatic carbocycles. The maximum atomic E-state index is 6.61. The van der Waals surface area contributed by atoms with Crippen LogP contribution in [0.3, 0.4) is 0 Å². The van der Waals surface area contributed by atoms with E-state index in [1.165, 1.54) is 33.6 Å². The van der Waals surface area contributed by atoms with Gasteiger partial charge >= 0.3 is 0 Å². The zero-order valence-electron chi connectivity index (χ0n) is 21.8. The second kappa shape index (κ2) is 9.03. The molecule has 1 N–H and O–H groups in total. The number of methoxy groups -OCH3 is 1. The number of rotatable bonds is 5. The van der Waals surface area contributed by atoms with E-state index in [0.29, 0.717) is 0 Å². The number of piperazine rings is 1. The number of fused-ring (bicyclic) bond motifs is 1. The average molecular weight is 472 g/mol. The SMILES string of the molecule is COc1ccc(N2CCN(c3c(C)c(C)c4c(c3C)C(Nc3ccccc3)C(C)(C)O4)CC2)cc1. The number of nitrogens with one attached hydrogen (secondary N) is 1. The van der Waals surface area contributed by atoms with Gasteiger partial charge in [0.1, 0.15) is 17.1 Å². The van der Waals surface area contributed by atoms with E-state index < -0.39 is 0 Å². The molecule has 1 atom stereocenters. The number of hydrogen-bond acceptors (Lipinski definition) is 5. The van der Waals surface area contributed by atoms with E-state index in [4.69, 9.17) is 9.47 Å². The van der Waals surface area contributed by atoms with Gasteiger partial charge in [0.2, 0.25) is 0 Å². The molecule has 1 saturated heterocycles. The fourth-order valence-corrected chi connectivity index (χ4v) is 5.68. The summed E-state index contributed by atoms with van der Waals surface area (Å²) in [6.45, 7) is 15.1. The third-order valence-electron chi connectivity index (χ3n) is 7.73. The first kappa shape index (κ1) is 23.4. The highest BCUT2D eigenvalue weighted by atomic mass is 16.5. The molecule has 35 heavy (non-hydrogen) atoms. The molecule has 1 unspecified atom stereocenters. The van der Waals surface area contributed by atoms with Crippen molar-refractivity contribution in [3.63, 3.8) is 0 Å². The van der Waals surface area contributed by atoms with Crippen molar-refractivity contribution in [2.45, 2.75) is 46.3 Å². The molecule has 0 aromatic heterocycles. The minimum Gasteiger partial charge on any atom is -0.497 e. The van der Waals surface area contributed by atoms with Crippen LogP contribution in [0.1, 0.15) is 42.1 Å². The summed E-state index contributed by atoms with van der Waals surface area (Å²) in [6, 6.07) is 18.9. The summed E-state index contributed by atoms with van der Waals surface area (Å²) in [4.78, 5) is 5.04. The molecular weight excluding hydrogens is 434 g/mol. The molecule has 2 aliphatic rings. The maximum absolute atomic E-state index is 6.61. The third kappa shape index (κ3) is 4.18. The fourth-order valence-electron chi connectivity index (χ4n) is 5.68. The average Bonchev–Trinajstić information content (AvgIpc) is 3.14. The Balaban J connectivity index is 1.44. The lowest BCUT2D eigenvalue weighted by atomic mass is 9.87. The van der Waals surface area contributed by atoms with E-state index in [9.17, 15) is 0 Å². The van der Waals surface area contributed by atoms with Crippen LogP contribution in [-0.4, -0.2) is 38.9 Å². The molecule has 2 heterocycles. The fraction of sp³-hybridized carbons (Fsp3) is 0.400. The van der Waals surface area contributed by atoms with Gasteiger partial charge in [0.25, 0.3) is 0 Å². The van der Waals surface area contributed by atoms with Crippen LogP contribution in [0.2, 0.25) is 0 Å². The maximum Gasteiger partial charge on any atom is 0.129 e. The van der Waals surface area contributed by atoms with E-state index in [1.807, 2.05) is 12.1 Å². The lowest BCUT2D eigenvalue weighted by Crippen LogP contribution is -2.47. The van der Waals surface area contributed by atoms with Gasteiger partial charge in [-0.25, -0.2) is 0 Å². The Labute approximate surface area is 209 Å². The second-order valence-corrected chi connectivity index (χ2v) is 10.3. The summed E-state index contributed by atoms with van der Waals surface area (Å²) in [5.41, 5.74) is 8.62. The quantitative estimate of drug-likeness (QED) is 0.475. The molecule has 5 heteroatoms. The van der Waals surface area contributed by atoms with Gasteiger partial charge in [-0.3, -0.25) is 0 Å². The van der Waals surface area contributed by atoms with E-state index in [-0.39, 0.29) is 11.6 Å². The standard InChI is InChI=1S/C30H37N3O2/c1-20-21(2)28-26(29(30(4,5)35-28)31-23-10-8-7-9-11-23)22(3)27(20)33-18-16-32(17-19-33)24-12-14-25(34-6)15-13-24/h7-15,29,31H,16-19H2,1-6H3. The molecule has 0 radical (unpaired) electrons. The molecule has 0 bridgehead atoms. The van der Waals surface area contributed by atoms with E-state index in [0.717, 1.165) is 43.4 Å². The lowest BCUT2D eigenvalue weighted by Gasteiger charge is -2.39. The second-order valence-electron chi connectivity index (χ2n) is 10.3. The number of anilines is 3. The van der Waals surface area contributed by atoms with Crippen LogP contribution in [-0.2, 0) is 0 Å². The Kier molecular flexibility index (Phi) is 6.04. The molecule has 1 fully saturated rings. The third-order valence-corrected chi connectivity index (χ3v) is 7.73. The Morgan fingerprint density at radius 2 is 1.46 bits per heavy atom. The molecule has 184 valence electrons. The summed E-state index contributed by atoms with van der Waals surface area (Å²) in [6.07, 6.45) is 0. The van der Waals surface area contributed by atoms with Gasteiger partial charge in [-0.05, 0) is 87.7 Å². The first-order valence-electron chi connectivity index (χ1n) is 12.6. The molecule has 0 saturated carbocycles. The summed E-state index contributed by atoms with van der Waals surface area (Å²) in [5, 5.41) is 3.78. The van der Waals surface area contributed by atoms with E-state index in [1.54, 1.807) is 7.11 Å². The zero-order valence-corrected chi connectivity index (χ0v) is 21.8. The van der Waals surface area contributed by atoms with Crippen molar-refractivity contribution in [1.82, 2.24) is 0 Å². The molecule has 3 aromatic carbocycles. The predicted molar refractivity (Wildman–Crippen MR) is 146 cm³/mol. The highest BCUT2D eigenvalue weighted by molar-refractivity contribution is 5.72. The Morgan fingerprint density at radius 1 is 0.829 bits per heavy atom. The van der Waals surface area contributed by atoms with Crippen molar-refractivity contribution in [3.8, 4) is 11.5 Å². The topological polar surface area (TPSA) is 37.0 Å². The highest BCUT2D eigenvalue weighted by Gasteiger charge is 2.44. The minimum absolute atomic E-state index is 0.0820. The van der Waals surface area contributed by atoms with Crippen molar-refractivity contribution in [2.24, 2.45) is 0 Å². The van der Waals surface area contributed by atoms with Crippen LogP contribution in [0.4, 0.5) is 17.1 Å². The molecule has 0 spiro atoms. The smallest absolute Gasteiger partial charge is 0.129 e. The summed E-state index contributed by atoms with van der Waals surface area (Å²) in [7, 11) is 1.71. The minimum atomic E-state index is -0.341. The van der Waals surface area contributed by atoms with Gasteiger partial charge in [0.15, 0.2) is 0 Å². The van der Waals surface area contributed by atoms with Crippen LogP contribution >= 0.6 is 0 Å². The molecule has 3 aromatic rings. The van der Waals surface area contributed by atoms with Crippen molar-refractivity contribution in [1.29, 1.82) is 0 Å². The van der Waals surface area contributed by atoms with Gasteiger partial charge in [-0.2, -0.15) is 0 Å². The molecule has 0 amide bonds. The molecular formula is C30H37N3O2. The first-order valence-corrected chi connectivity index (χ1v) is 12.6. The van der Waals surface area contributed by atoms with Crippen LogP contribution < -0.4 is 24.6 Å². The van der Waals surface area contributed by atoms with Crippen molar-refractivity contribution >= 4 is 17.1 Å². The van der Waals surface area contributed by atoms with Gasteiger partial charge in [-0.1, -0.05) is 18.2 Å². The summed E-state index contributed by atoms with van der Waals surface area (Å²) >= 11 is 0. The number of benzene rings is 3. The van der Waals surface area contributed by atoms with Gasteiger partial charge in [-0.15, -0.1) is 0 Å². The van der Waals surface area contributed by atoms with Gasteiger partial charge in [0, 0.05) is 48.8 Å². The monoisotopic (exact) mass is 471 g/mol. The summed E-state index contributed by atoms with van der Waals surface area (Å²) in [5.74, 6) is 1.95. The summed E-state index contributed by atoms with van der Waals surface area (Å²) < 4.78 is 11.9. The molecule has 5 rings (SSSR count). The number of hydrogen-bond donors (Lipinski definition) is 1. The normalized spacial score (nSPS) is 18.7. The van der Waals surface area contributed by atoms with Crippen LogP contribution in [0.25, 0.3) is 0 Å². The van der Waals surface area contributed by atoms with Gasteiger partial charge in [0.05, 0.1) is 13.2 Å². The number of para-hydroxylation sites is 1. The molecule has 5 nitrogen and oxygen atoms in total. The number of nitrogens with zero attached hydrogens (tertiary/aromatic N) is 2. The zero-order chi connectivity index (χ0) is 24.7. The Bertz CT molecular complexity index is 1200. The van der Waals surface area contributed by atoms with Crippen LogP contribution in [0.5, 0.6) is 11.5 Å². The van der Waals surface area contributed by atoms with Crippen molar-refractivity contribution in [3.05, 3.63) is 76.9 Å². The Hall–Kier alpha value is -3.34. The van der Waals surface area contributed by atoms with Crippen LogP contribution in [0.15, 0.2) is 54.6 Å². The lowest BCUT2D eigenvalue weighted by molar-refractivity contribution is 0.117. The Morgan fingerprint density at radius 3 is 2.09 bits per heavy atom. The largest absolute Gasteiger partial charge is 0.497 e. The van der Waals surface area contributed by atoms with Crippen molar-refractivity contribution in [2.75, 3.05) is 48.4 Å². The first-order chi connectivity index (χ1) is 16.8. The van der Waals surface area contributed by atoms with Crippen LogP contribution in [0, 0.1) is 20.8 Å². The van der Waals surface area contributed by atoms with Crippen molar-refractivity contribution < 1.29 is 9.47 Å². The number of ether oxygens (including phenoxy) is 2. The van der Waals surface area contributed by atoms with E-state index in [2.05, 4.69) is 92.2 Å².